The van der Waals surface area contributed by atoms with Crippen LogP contribution in [-0.2, 0) is 39.9 Å². The van der Waals surface area contributed by atoms with Crippen LogP contribution in [0.5, 0.6) is 0 Å². The van der Waals surface area contributed by atoms with Crippen LogP contribution in [0.2, 0.25) is 0 Å². The Kier molecular flexibility index (Phi) is 5.97. The number of hydrogen-bond acceptors (Lipinski definition) is 7. The average molecular weight is 449 g/mol. The Morgan fingerprint density at radius 1 is 1.00 bits per heavy atom. The van der Waals surface area contributed by atoms with E-state index in [-0.39, 0.29) is 11.5 Å². The number of hydrogen-bond donors (Lipinski definition) is 0. The van der Waals surface area contributed by atoms with Crippen LogP contribution in [0.1, 0.15) is 31.9 Å². The molecule has 0 aliphatic carbocycles. The molecule has 2 aromatic rings. The van der Waals surface area contributed by atoms with E-state index in [2.05, 4.69) is 0 Å². The average Bonchev–Trinajstić information content (AvgIpc) is 3.08. The number of ether oxygens (including phenoxy) is 4. The zero-order valence-electron chi connectivity index (χ0n) is 18.1. The fourth-order valence-electron chi connectivity index (χ4n) is 3.98. The van der Waals surface area contributed by atoms with Gasteiger partial charge in [0, 0.05) is 0 Å². The predicted molar refractivity (Wildman–Crippen MR) is 113 cm³/mol. The predicted octanol–water partition coefficient (Wildman–Crippen LogP) is 3.55. The number of benzene rings is 2. The lowest BCUT2D eigenvalue weighted by Gasteiger charge is -2.31. The van der Waals surface area contributed by atoms with Gasteiger partial charge in [-0.05, 0) is 45.4 Å². The lowest BCUT2D eigenvalue weighted by molar-refractivity contribution is -0.222. The smallest absolute Gasteiger partial charge is 0.297 e. The molecule has 2 saturated heterocycles. The van der Waals surface area contributed by atoms with Crippen LogP contribution in [0.25, 0.3) is 0 Å². The number of fused-ring (bicyclic) bond motifs is 1. The lowest BCUT2D eigenvalue weighted by Crippen LogP contribution is -2.48. The highest BCUT2D eigenvalue weighted by molar-refractivity contribution is 7.86. The number of aryl methyl sites for hydroxylation is 1. The molecule has 0 amide bonds. The molecule has 4 rings (SSSR count). The quantitative estimate of drug-likeness (QED) is 0.599. The van der Waals surface area contributed by atoms with Crippen molar-refractivity contribution in [3.8, 4) is 0 Å². The normalized spacial score (nSPS) is 29.7. The van der Waals surface area contributed by atoms with E-state index >= 15 is 0 Å². The SMILES string of the molecule is Cc1ccc(S(=O)(=O)O[C@@H]2[C@@H](COCc3ccccc3)O[C@@H]3OC(C)(C)O[C@@]32C)cc1. The second-order valence-electron chi connectivity index (χ2n) is 8.59. The van der Waals surface area contributed by atoms with Crippen LogP contribution in [0.15, 0.2) is 59.5 Å². The Morgan fingerprint density at radius 2 is 1.68 bits per heavy atom. The van der Waals surface area contributed by atoms with Gasteiger partial charge in [-0.1, -0.05) is 48.0 Å². The zero-order valence-corrected chi connectivity index (χ0v) is 18.9. The summed E-state index contributed by atoms with van der Waals surface area (Å²) in [4.78, 5) is 0.0762. The van der Waals surface area contributed by atoms with Gasteiger partial charge < -0.3 is 18.9 Å². The Morgan fingerprint density at radius 3 is 2.35 bits per heavy atom. The molecule has 0 N–H and O–H groups in total. The van der Waals surface area contributed by atoms with E-state index in [1.807, 2.05) is 37.3 Å². The largest absolute Gasteiger partial charge is 0.374 e. The molecule has 2 aliphatic heterocycles. The Balaban J connectivity index is 1.54. The van der Waals surface area contributed by atoms with Crippen LogP contribution in [-0.4, -0.2) is 44.9 Å². The molecule has 168 valence electrons. The monoisotopic (exact) mass is 448 g/mol. The molecule has 0 spiro atoms. The van der Waals surface area contributed by atoms with E-state index < -0.39 is 40.0 Å². The molecule has 0 bridgehead atoms. The highest BCUT2D eigenvalue weighted by atomic mass is 32.2. The van der Waals surface area contributed by atoms with E-state index in [1.54, 1.807) is 32.9 Å². The van der Waals surface area contributed by atoms with Gasteiger partial charge in [0.2, 0.25) is 0 Å². The molecule has 0 radical (unpaired) electrons. The van der Waals surface area contributed by atoms with Gasteiger partial charge in [0.1, 0.15) is 17.8 Å². The molecule has 8 heteroatoms. The second kappa shape index (κ2) is 8.27. The summed E-state index contributed by atoms with van der Waals surface area (Å²) in [5.41, 5.74) is 0.851. The molecule has 2 aliphatic rings. The van der Waals surface area contributed by atoms with Crippen molar-refractivity contribution >= 4 is 10.1 Å². The zero-order chi connectivity index (χ0) is 22.3. The first-order valence-corrected chi connectivity index (χ1v) is 11.6. The molecule has 0 unspecified atom stereocenters. The van der Waals surface area contributed by atoms with Crippen LogP contribution in [0.3, 0.4) is 0 Å². The molecule has 0 saturated carbocycles. The molecular weight excluding hydrogens is 420 g/mol. The molecule has 31 heavy (non-hydrogen) atoms. The minimum atomic E-state index is -4.06. The van der Waals surface area contributed by atoms with Gasteiger partial charge in [-0.3, -0.25) is 4.18 Å². The summed E-state index contributed by atoms with van der Waals surface area (Å²) in [5, 5.41) is 0. The topological polar surface area (TPSA) is 80.3 Å². The van der Waals surface area contributed by atoms with Crippen molar-refractivity contribution in [2.75, 3.05) is 6.61 Å². The van der Waals surface area contributed by atoms with E-state index in [1.165, 1.54) is 12.1 Å². The van der Waals surface area contributed by atoms with Gasteiger partial charge in [-0.15, -0.1) is 0 Å². The maximum absolute atomic E-state index is 13.0. The molecule has 2 fully saturated rings. The van der Waals surface area contributed by atoms with E-state index in [0.29, 0.717) is 6.61 Å². The summed E-state index contributed by atoms with van der Waals surface area (Å²) in [7, 11) is -4.06. The van der Waals surface area contributed by atoms with E-state index in [4.69, 9.17) is 23.1 Å². The molecule has 7 nitrogen and oxygen atoms in total. The van der Waals surface area contributed by atoms with Crippen molar-refractivity contribution in [3.63, 3.8) is 0 Å². The Hall–Kier alpha value is -1.81. The van der Waals surface area contributed by atoms with Crippen molar-refractivity contribution in [3.05, 3.63) is 65.7 Å². The van der Waals surface area contributed by atoms with Crippen LogP contribution in [0, 0.1) is 6.92 Å². The van der Waals surface area contributed by atoms with Gasteiger partial charge >= 0.3 is 0 Å². The van der Waals surface area contributed by atoms with Crippen molar-refractivity contribution in [2.45, 2.75) is 69.1 Å². The fourth-order valence-corrected chi connectivity index (χ4v) is 5.15. The minimum absolute atomic E-state index is 0.0762. The first kappa shape index (κ1) is 22.4. The molecular formula is C23H28O7S. The summed E-state index contributed by atoms with van der Waals surface area (Å²) >= 11 is 0. The second-order valence-corrected chi connectivity index (χ2v) is 10.2. The van der Waals surface area contributed by atoms with Crippen molar-refractivity contribution in [1.82, 2.24) is 0 Å². The van der Waals surface area contributed by atoms with Gasteiger partial charge in [0.25, 0.3) is 10.1 Å². The maximum atomic E-state index is 13.0. The molecule has 2 aromatic carbocycles. The third-order valence-corrected chi connectivity index (χ3v) is 6.77. The Bertz CT molecular complexity index is 1000. The van der Waals surface area contributed by atoms with Gasteiger partial charge in [0.05, 0.1) is 18.1 Å². The van der Waals surface area contributed by atoms with Gasteiger partial charge in [-0.25, -0.2) is 0 Å². The third-order valence-electron chi connectivity index (χ3n) is 5.46. The molecule has 2 heterocycles. The first-order chi connectivity index (χ1) is 14.6. The first-order valence-electron chi connectivity index (χ1n) is 10.2. The lowest BCUT2D eigenvalue weighted by atomic mass is 9.98. The van der Waals surface area contributed by atoms with Crippen molar-refractivity contribution < 1.29 is 31.5 Å². The van der Waals surface area contributed by atoms with Crippen LogP contribution < -0.4 is 0 Å². The third kappa shape index (κ3) is 4.69. The standard InChI is InChI=1S/C23H28O7S/c1-16-10-12-18(13-11-16)31(24,25)29-20-19(15-26-14-17-8-6-5-7-9-17)27-21-23(20,4)30-22(2,3)28-21/h5-13,19-21H,14-15H2,1-4H3/t19-,20-,21-,23-/m1/s1. The van der Waals surface area contributed by atoms with E-state index in [0.717, 1.165) is 11.1 Å². The van der Waals surface area contributed by atoms with Crippen molar-refractivity contribution in [1.29, 1.82) is 0 Å². The minimum Gasteiger partial charge on any atom is -0.374 e. The fraction of sp³-hybridized carbons (Fsp3) is 0.478. The number of rotatable bonds is 7. The summed E-state index contributed by atoms with van der Waals surface area (Å²) in [6, 6.07) is 16.2. The van der Waals surface area contributed by atoms with Gasteiger partial charge in [-0.2, -0.15) is 8.42 Å². The maximum Gasteiger partial charge on any atom is 0.297 e. The van der Waals surface area contributed by atoms with E-state index in [9.17, 15) is 8.42 Å². The Labute approximate surface area is 183 Å². The van der Waals surface area contributed by atoms with Crippen LogP contribution in [0.4, 0.5) is 0 Å². The molecule has 4 atom stereocenters. The van der Waals surface area contributed by atoms with Crippen LogP contribution >= 0.6 is 0 Å². The summed E-state index contributed by atoms with van der Waals surface area (Å²) < 4.78 is 55.5. The highest BCUT2D eigenvalue weighted by Gasteiger charge is 2.65. The van der Waals surface area contributed by atoms with Gasteiger partial charge in [0.15, 0.2) is 12.1 Å². The van der Waals surface area contributed by atoms with Crippen molar-refractivity contribution in [2.24, 2.45) is 0 Å². The molecule has 0 aromatic heterocycles. The highest BCUT2D eigenvalue weighted by Crippen LogP contribution is 2.47. The summed E-state index contributed by atoms with van der Waals surface area (Å²) in [6.45, 7) is 7.65. The summed E-state index contributed by atoms with van der Waals surface area (Å²) in [6.07, 6.45) is -2.40. The summed E-state index contributed by atoms with van der Waals surface area (Å²) in [5.74, 6) is -0.926.